The Bertz CT molecular complexity index is 1180. The lowest BCUT2D eigenvalue weighted by molar-refractivity contribution is 1.08. The molecule has 4 heterocycles. The Balaban J connectivity index is 2.11. The molecule has 4 aromatic heterocycles. The van der Waals surface area contributed by atoms with Crippen molar-refractivity contribution in [3.8, 4) is 12.1 Å². The van der Waals surface area contributed by atoms with Crippen LogP contribution in [0.1, 0.15) is 22.8 Å². The van der Waals surface area contributed by atoms with Crippen molar-refractivity contribution in [3.63, 3.8) is 0 Å². The van der Waals surface area contributed by atoms with Crippen LogP contribution < -0.4 is 0 Å². The van der Waals surface area contributed by atoms with Crippen molar-refractivity contribution in [1.82, 2.24) is 28.7 Å². The number of allylic oxidation sites excluding steroid dienone is 2. The van der Waals surface area contributed by atoms with E-state index in [1.165, 1.54) is 0 Å². The van der Waals surface area contributed by atoms with Gasteiger partial charge in [-0.1, -0.05) is 0 Å². The second kappa shape index (κ2) is 5.80. The van der Waals surface area contributed by atoms with E-state index in [1.54, 1.807) is 59.6 Å². The van der Waals surface area contributed by atoms with Crippen LogP contribution in [0.15, 0.2) is 36.9 Å². The lowest BCUT2D eigenvalue weighted by Crippen LogP contribution is -2.00. The van der Waals surface area contributed by atoms with E-state index < -0.39 is 0 Å². The van der Waals surface area contributed by atoms with Crippen molar-refractivity contribution in [2.24, 2.45) is 0 Å². The third-order valence-electron chi connectivity index (χ3n) is 4.10. The van der Waals surface area contributed by atoms with Crippen LogP contribution >= 0.6 is 0 Å². The van der Waals surface area contributed by atoms with E-state index in [-0.39, 0.29) is 11.1 Å². The molecule has 0 spiro atoms. The van der Waals surface area contributed by atoms with Gasteiger partial charge in [-0.15, -0.1) is 0 Å². The summed E-state index contributed by atoms with van der Waals surface area (Å²) in [5.41, 5.74) is 2.78. The van der Waals surface area contributed by atoms with Gasteiger partial charge in [-0.3, -0.25) is 8.80 Å². The van der Waals surface area contributed by atoms with E-state index in [1.807, 2.05) is 0 Å². The zero-order valence-electron chi connectivity index (χ0n) is 14.0. The maximum absolute atomic E-state index is 9.88. The van der Waals surface area contributed by atoms with Gasteiger partial charge >= 0.3 is 0 Å². The van der Waals surface area contributed by atoms with Gasteiger partial charge in [-0.25, -0.2) is 19.9 Å². The lowest BCUT2D eigenvalue weighted by atomic mass is 10.0. The number of hydrogen-bond donors (Lipinski definition) is 0. The van der Waals surface area contributed by atoms with Crippen LogP contribution in [0.25, 0.3) is 22.7 Å². The molecular weight excluding hydrogens is 328 g/mol. The fourth-order valence-corrected chi connectivity index (χ4v) is 3.05. The second-order valence-corrected chi connectivity index (χ2v) is 5.64. The number of rotatable bonds is 2. The molecule has 4 aromatic rings. The minimum atomic E-state index is 0.222. The van der Waals surface area contributed by atoms with Crippen LogP contribution in [-0.2, 0) is 0 Å². The van der Waals surface area contributed by atoms with Crippen molar-refractivity contribution in [3.05, 3.63) is 59.7 Å². The van der Waals surface area contributed by atoms with Crippen LogP contribution in [0.2, 0.25) is 0 Å². The number of nitrogens with zero attached hydrogens (tertiary/aromatic N) is 8. The Kier molecular flexibility index (Phi) is 3.45. The third-order valence-corrected chi connectivity index (χ3v) is 4.10. The Morgan fingerprint density at radius 2 is 1.23 bits per heavy atom. The van der Waals surface area contributed by atoms with Crippen LogP contribution in [0.5, 0.6) is 0 Å². The maximum atomic E-state index is 9.88. The standard InChI is InChI=1S/C18H12N8/c1-11-15(25-7-3-5-21-17(25)23-11)13(9-19)14(10-20)16-12(2)24-18-22-6-4-8-26(16)18/h3-8H,1-2H3/b14-13+. The van der Waals surface area contributed by atoms with E-state index in [0.717, 1.165) is 0 Å². The highest BCUT2D eigenvalue weighted by Crippen LogP contribution is 2.30. The molecule has 0 saturated carbocycles. The van der Waals surface area contributed by atoms with E-state index in [0.29, 0.717) is 34.3 Å². The van der Waals surface area contributed by atoms with Gasteiger partial charge in [0, 0.05) is 24.8 Å². The summed E-state index contributed by atoms with van der Waals surface area (Å²) in [5.74, 6) is 0.947. The summed E-state index contributed by atoms with van der Waals surface area (Å²) < 4.78 is 3.42. The van der Waals surface area contributed by atoms with Crippen molar-refractivity contribution in [1.29, 1.82) is 10.5 Å². The molecule has 0 aromatic carbocycles. The Morgan fingerprint density at radius 1 is 0.808 bits per heavy atom. The number of hydrogen-bond acceptors (Lipinski definition) is 6. The fraction of sp³-hybridized carbons (Fsp3) is 0.111. The van der Waals surface area contributed by atoms with Crippen LogP contribution in [-0.4, -0.2) is 28.7 Å². The summed E-state index contributed by atoms with van der Waals surface area (Å²) >= 11 is 0. The van der Waals surface area contributed by atoms with Crippen LogP contribution in [0.3, 0.4) is 0 Å². The molecule has 26 heavy (non-hydrogen) atoms. The van der Waals surface area contributed by atoms with Gasteiger partial charge in [0.1, 0.15) is 12.1 Å². The minimum absolute atomic E-state index is 0.222. The quantitative estimate of drug-likeness (QED) is 0.518. The van der Waals surface area contributed by atoms with Crippen LogP contribution in [0, 0.1) is 36.5 Å². The van der Waals surface area contributed by atoms with Crippen LogP contribution in [0.4, 0.5) is 0 Å². The topological polar surface area (TPSA) is 108 Å². The van der Waals surface area contributed by atoms with Gasteiger partial charge in [0.15, 0.2) is 0 Å². The highest BCUT2D eigenvalue weighted by Gasteiger charge is 2.23. The predicted molar refractivity (Wildman–Crippen MR) is 93.5 cm³/mol. The molecular formula is C18H12N8. The van der Waals surface area contributed by atoms with E-state index in [9.17, 15) is 10.5 Å². The first-order valence-corrected chi connectivity index (χ1v) is 7.80. The smallest absolute Gasteiger partial charge is 0.234 e. The highest BCUT2D eigenvalue weighted by atomic mass is 15.1. The Morgan fingerprint density at radius 3 is 1.62 bits per heavy atom. The average molecular weight is 340 g/mol. The fourth-order valence-electron chi connectivity index (χ4n) is 3.05. The van der Waals surface area contributed by atoms with Crippen molar-refractivity contribution in [2.75, 3.05) is 0 Å². The largest absolute Gasteiger partial charge is 0.283 e. The summed E-state index contributed by atoms with van der Waals surface area (Å²) in [4.78, 5) is 17.2. The van der Waals surface area contributed by atoms with Gasteiger partial charge in [-0.05, 0) is 26.0 Å². The summed E-state index contributed by atoms with van der Waals surface area (Å²) in [5, 5.41) is 19.8. The molecule has 8 nitrogen and oxygen atoms in total. The predicted octanol–water partition coefficient (Wildman–Crippen LogP) is 2.35. The van der Waals surface area contributed by atoms with E-state index >= 15 is 0 Å². The van der Waals surface area contributed by atoms with Crippen molar-refractivity contribution in [2.45, 2.75) is 13.8 Å². The molecule has 124 valence electrons. The van der Waals surface area contributed by atoms with E-state index in [2.05, 4.69) is 32.1 Å². The number of nitriles is 2. The number of fused-ring (bicyclic) bond motifs is 2. The minimum Gasteiger partial charge on any atom is -0.283 e. The molecule has 0 radical (unpaired) electrons. The maximum Gasteiger partial charge on any atom is 0.234 e. The SMILES string of the molecule is Cc1nc2ncccn2c1/C(C#N)=C(\C#N)c1c(C)nc2ncccn12. The second-order valence-electron chi connectivity index (χ2n) is 5.64. The van der Waals surface area contributed by atoms with Crippen molar-refractivity contribution < 1.29 is 0 Å². The number of aromatic nitrogens is 6. The number of aryl methyl sites for hydroxylation is 2. The highest BCUT2D eigenvalue weighted by molar-refractivity contribution is 6.02. The first-order chi connectivity index (χ1) is 12.7. The number of imidazole rings is 2. The molecule has 0 saturated heterocycles. The summed E-state index contributed by atoms with van der Waals surface area (Å²) in [6, 6.07) is 7.86. The third kappa shape index (κ3) is 2.14. The molecule has 0 aliphatic carbocycles. The van der Waals surface area contributed by atoms with Gasteiger partial charge in [0.2, 0.25) is 11.6 Å². The zero-order chi connectivity index (χ0) is 18.3. The van der Waals surface area contributed by atoms with Gasteiger partial charge < -0.3 is 0 Å². The van der Waals surface area contributed by atoms with E-state index in [4.69, 9.17) is 0 Å². The lowest BCUT2D eigenvalue weighted by Gasteiger charge is -2.06. The normalized spacial score (nSPS) is 12.0. The first-order valence-electron chi connectivity index (χ1n) is 7.80. The Hall–Kier alpha value is -4.04. The zero-order valence-corrected chi connectivity index (χ0v) is 14.0. The van der Waals surface area contributed by atoms with Gasteiger partial charge in [0.05, 0.1) is 33.9 Å². The molecule has 0 amide bonds. The van der Waals surface area contributed by atoms with Crippen molar-refractivity contribution >= 4 is 22.7 Å². The Labute approximate surface area is 148 Å². The average Bonchev–Trinajstić information content (AvgIpc) is 3.15. The molecule has 8 heteroatoms. The monoisotopic (exact) mass is 340 g/mol. The molecule has 0 fully saturated rings. The molecule has 4 rings (SSSR count). The molecule has 0 unspecified atom stereocenters. The summed E-state index contributed by atoms with van der Waals surface area (Å²) in [6.45, 7) is 3.58. The molecule has 0 bridgehead atoms. The van der Waals surface area contributed by atoms with Gasteiger partial charge in [0.25, 0.3) is 0 Å². The molecule has 0 atom stereocenters. The first kappa shape index (κ1) is 15.5. The summed E-state index contributed by atoms with van der Waals surface area (Å²) in [7, 11) is 0. The molecule has 0 aliphatic rings. The summed E-state index contributed by atoms with van der Waals surface area (Å²) in [6.07, 6.45) is 6.80. The molecule has 0 N–H and O–H groups in total. The van der Waals surface area contributed by atoms with Gasteiger partial charge in [-0.2, -0.15) is 10.5 Å². The molecule has 0 aliphatic heterocycles.